The molecular weight excluding hydrogens is 432 g/mol. The summed E-state index contributed by atoms with van der Waals surface area (Å²) in [5.41, 5.74) is 0. The third kappa shape index (κ3) is 14.2. The fourth-order valence-corrected chi connectivity index (χ4v) is 4.66. The number of carbonyl (C=O) groups is 2. The first-order valence-corrected chi connectivity index (χ1v) is 13.7. The number of esters is 1. The van der Waals surface area contributed by atoms with Crippen molar-refractivity contribution < 1.29 is 28.8 Å². The summed E-state index contributed by atoms with van der Waals surface area (Å²) >= 11 is 0. The van der Waals surface area contributed by atoms with Crippen LogP contribution in [0.3, 0.4) is 0 Å². The summed E-state index contributed by atoms with van der Waals surface area (Å²) < 4.78 is 10.3. The predicted molar refractivity (Wildman–Crippen MR) is 135 cm³/mol. The van der Waals surface area contributed by atoms with E-state index in [0.717, 1.165) is 83.7 Å². The highest BCUT2D eigenvalue weighted by Gasteiger charge is 2.25. The molecule has 1 fully saturated rings. The van der Waals surface area contributed by atoms with Crippen molar-refractivity contribution in [1.29, 1.82) is 0 Å². The molecule has 198 valence electrons. The van der Waals surface area contributed by atoms with Crippen LogP contribution in [0.4, 0.5) is 0 Å². The van der Waals surface area contributed by atoms with Gasteiger partial charge in [0.25, 0.3) is 0 Å². The molecule has 0 bridgehead atoms. The number of allylic oxidation sites excluding steroid dienone is 2. The van der Waals surface area contributed by atoms with E-state index in [9.17, 15) is 9.59 Å². The number of carbonyl (C=O) groups excluding carboxylic acids is 2. The molecule has 0 aromatic carbocycles. The molecule has 6 nitrogen and oxygen atoms in total. The summed E-state index contributed by atoms with van der Waals surface area (Å²) in [7, 11) is 1.43. The average Bonchev–Trinajstić information content (AvgIpc) is 2.84. The van der Waals surface area contributed by atoms with Gasteiger partial charge in [0.05, 0.1) is 13.2 Å². The zero-order chi connectivity index (χ0) is 25.0. The van der Waals surface area contributed by atoms with Crippen molar-refractivity contribution in [3.8, 4) is 0 Å². The molecule has 0 aromatic heterocycles. The van der Waals surface area contributed by atoms with Crippen LogP contribution in [0.25, 0.3) is 0 Å². The molecule has 1 heterocycles. The fourth-order valence-electron chi connectivity index (χ4n) is 4.66. The lowest BCUT2D eigenvalue weighted by atomic mass is 9.81. The van der Waals surface area contributed by atoms with E-state index in [2.05, 4.69) is 19.1 Å². The first-order chi connectivity index (χ1) is 16.5. The van der Waals surface area contributed by atoms with Crippen LogP contribution in [0, 0.1) is 11.8 Å². The van der Waals surface area contributed by atoms with Crippen molar-refractivity contribution in [3.05, 3.63) is 12.2 Å². The zero-order valence-electron chi connectivity index (χ0n) is 22.2. The Morgan fingerprint density at radius 3 is 2.41 bits per heavy atom. The molecule has 0 aliphatic carbocycles. The minimum atomic E-state index is -0.252. The Kier molecular flexibility index (Phi) is 18.1. The van der Waals surface area contributed by atoms with Gasteiger partial charge in [-0.3, -0.25) is 9.59 Å². The van der Waals surface area contributed by atoms with E-state index in [1.165, 1.54) is 20.0 Å². The number of methoxy groups -OCH3 is 1. The normalized spacial score (nSPS) is 19.1. The largest absolute Gasteiger partial charge is 0.469 e. The summed E-state index contributed by atoms with van der Waals surface area (Å²) in [5.74, 6) is 0.342. The number of hydrogen-bond donors (Lipinski definition) is 0. The van der Waals surface area contributed by atoms with Crippen LogP contribution >= 0.6 is 0 Å². The molecule has 0 N–H and O–H groups in total. The van der Waals surface area contributed by atoms with Crippen LogP contribution in [0.2, 0.25) is 0 Å². The summed E-state index contributed by atoms with van der Waals surface area (Å²) in [5, 5.41) is 0. The Balaban J connectivity index is 2.56. The molecule has 1 rings (SSSR count). The standard InChI is InChI=1S/C28H50O6/c1-5-7-10-16-25(33-34-28-19-13-14-22-32-28)21-20-24(15-6-2)26(23(3)29)17-11-8-9-12-18-27(30)31-4/h6,15,24-26,28H,5,7-14,16-22H2,1-4H3. The molecule has 4 atom stereocenters. The second-order valence-electron chi connectivity index (χ2n) is 9.62. The van der Waals surface area contributed by atoms with E-state index in [1.807, 2.05) is 6.92 Å². The van der Waals surface area contributed by atoms with Crippen molar-refractivity contribution in [2.75, 3.05) is 13.7 Å². The summed E-state index contributed by atoms with van der Waals surface area (Å²) in [6.45, 7) is 6.69. The van der Waals surface area contributed by atoms with Crippen molar-refractivity contribution >= 4 is 11.8 Å². The van der Waals surface area contributed by atoms with Gasteiger partial charge in [-0.05, 0) is 64.7 Å². The Morgan fingerprint density at radius 1 is 1.00 bits per heavy atom. The molecule has 0 aromatic rings. The van der Waals surface area contributed by atoms with Crippen LogP contribution in [0.5, 0.6) is 0 Å². The van der Waals surface area contributed by atoms with Gasteiger partial charge in [0, 0.05) is 25.4 Å². The minimum Gasteiger partial charge on any atom is -0.469 e. The van der Waals surface area contributed by atoms with Crippen LogP contribution in [0.15, 0.2) is 12.2 Å². The van der Waals surface area contributed by atoms with Crippen LogP contribution in [0.1, 0.15) is 117 Å². The molecule has 1 aliphatic heterocycles. The summed E-state index contributed by atoms with van der Waals surface area (Å²) in [6.07, 6.45) is 18.5. The number of hydrogen-bond acceptors (Lipinski definition) is 6. The highest BCUT2D eigenvalue weighted by molar-refractivity contribution is 5.78. The highest BCUT2D eigenvalue weighted by atomic mass is 17.2. The van der Waals surface area contributed by atoms with Crippen LogP contribution < -0.4 is 0 Å². The maximum Gasteiger partial charge on any atom is 0.305 e. The average molecular weight is 483 g/mol. The van der Waals surface area contributed by atoms with Crippen molar-refractivity contribution in [2.24, 2.45) is 11.8 Å². The lowest BCUT2D eigenvalue weighted by molar-refractivity contribution is -0.405. The molecule has 0 saturated carbocycles. The maximum absolute atomic E-state index is 12.5. The molecule has 0 radical (unpaired) electrons. The van der Waals surface area contributed by atoms with Crippen molar-refractivity contribution in [3.63, 3.8) is 0 Å². The second-order valence-corrected chi connectivity index (χ2v) is 9.62. The van der Waals surface area contributed by atoms with E-state index in [4.69, 9.17) is 19.2 Å². The zero-order valence-corrected chi connectivity index (χ0v) is 22.2. The number of rotatable bonds is 20. The molecular formula is C28H50O6. The maximum atomic E-state index is 12.5. The predicted octanol–water partition coefficient (Wildman–Crippen LogP) is 7.10. The Bertz CT molecular complexity index is 555. The van der Waals surface area contributed by atoms with Crippen molar-refractivity contribution in [1.82, 2.24) is 0 Å². The molecule has 0 spiro atoms. The lowest BCUT2D eigenvalue weighted by Crippen LogP contribution is -2.27. The van der Waals surface area contributed by atoms with Gasteiger partial charge in [-0.2, -0.15) is 0 Å². The lowest BCUT2D eigenvalue weighted by Gasteiger charge is -2.27. The minimum absolute atomic E-state index is 0.0238. The third-order valence-corrected chi connectivity index (χ3v) is 6.74. The van der Waals surface area contributed by atoms with E-state index < -0.39 is 0 Å². The Labute approximate surface area is 208 Å². The first kappa shape index (κ1) is 30.8. The van der Waals surface area contributed by atoms with Gasteiger partial charge < -0.3 is 9.47 Å². The first-order valence-electron chi connectivity index (χ1n) is 13.7. The Morgan fingerprint density at radius 2 is 1.76 bits per heavy atom. The highest BCUT2D eigenvalue weighted by Crippen LogP contribution is 2.29. The number of ketones is 1. The van der Waals surface area contributed by atoms with Crippen molar-refractivity contribution in [2.45, 2.75) is 129 Å². The quantitative estimate of drug-likeness (QED) is 0.0606. The number of unbranched alkanes of at least 4 members (excludes halogenated alkanes) is 5. The molecule has 4 unspecified atom stereocenters. The van der Waals surface area contributed by atoms with Gasteiger partial charge in [-0.15, -0.1) is 0 Å². The SMILES string of the molecule is CC=CC(CCC(CCCCC)OOC1CCCCO1)C(CCCCCCC(=O)OC)C(C)=O. The molecule has 34 heavy (non-hydrogen) atoms. The van der Waals surface area contributed by atoms with E-state index >= 15 is 0 Å². The van der Waals surface area contributed by atoms with Gasteiger partial charge in [-0.1, -0.05) is 57.6 Å². The van der Waals surface area contributed by atoms with E-state index in [0.29, 0.717) is 6.42 Å². The van der Waals surface area contributed by atoms with Gasteiger partial charge >= 0.3 is 5.97 Å². The smallest absolute Gasteiger partial charge is 0.305 e. The fraction of sp³-hybridized carbons (Fsp3) is 0.857. The second kappa shape index (κ2) is 20.0. The Hall–Kier alpha value is -1.24. The summed E-state index contributed by atoms with van der Waals surface area (Å²) in [4.78, 5) is 35.3. The molecule has 0 amide bonds. The molecule has 1 saturated heterocycles. The van der Waals surface area contributed by atoms with Crippen LogP contribution in [-0.4, -0.2) is 37.9 Å². The van der Waals surface area contributed by atoms with Gasteiger partial charge in [0.15, 0.2) is 6.29 Å². The van der Waals surface area contributed by atoms with E-state index in [-0.39, 0.29) is 36.0 Å². The number of ether oxygens (including phenoxy) is 2. The van der Waals surface area contributed by atoms with E-state index in [1.54, 1.807) is 6.92 Å². The molecule has 6 heteroatoms. The van der Waals surface area contributed by atoms with Gasteiger partial charge in [-0.25, -0.2) is 9.78 Å². The summed E-state index contributed by atoms with van der Waals surface area (Å²) in [6, 6.07) is 0. The third-order valence-electron chi connectivity index (χ3n) is 6.74. The number of Topliss-reactive ketones (excluding diaryl/α,β-unsaturated/α-hetero) is 1. The monoisotopic (exact) mass is 482 g/mol. The molecule has 1 aliphatic rings. The van der Waals surface area contributed by atoms with Gasteiger partial charge in [0.1, 0.15) is 5.78 Å². The van der Waals surface area contributed by atoms with Crippen LogP contribution in [-0.2, 0) is 28.8 Å². The van der Waals surface area contributed by atoms with Gasteiger partial charge in [0.2, 0.25) is 0 Å². The topological polar surface area (TPSA) is 71.1 Å².